The van der Waals surface area contributed by atoms with Gasteiger partial charge in [-0.3, -0.25) is 0 Å². The molecule has 0 saturated heterocycles. The lowest BCUT2D eigenvalue weighted by molar-refractivity contribution is -0.694. The molecule has 2 aromatic carbocycles. The number of aromatic nitrogens is 2. The molecule has 25 heavy (non-hydrogen) atoms. The van der Waals surface area contributed by atoms with Crippen LogP contribution >= 0.6 is 0 Å². The number of fused-ring (bicyclic) bond motifs is 1. The maximum absolute atomic E-state index is 11.6. The Bertz CT molecular complexity index is 896. The minimum atomic E-state index is -0.296. The van der Waals surface area contributed by atoms with Crippen LogP contribution in [0.5, 0.6) is 0 Å². The summed E-state index contributed by atoms with van der Waals surface area (Å²) in [6, 6.07) is 18.2. The first-order valence-electron chi connectivity index (χ1n) is 8.61. The van der Waals surface area contributed by atoms with Crippen LogP contribution in [0.15, 0.2) is 60.8 Å². The zero-order valence-corrected chi connectivity index (χ0v) is 14.3. The van der Waals surface area contributed by atoms with Crippen molar-refractivity contribution >= 4 is 5.97 Å². The van der Waals surface area contributed by atoms with Gasteiger partial charge in [-0.15, -0.1) is 0 Å². The van der Waals surface area contributed by atoms with Crippen LogP contribution in [-0.2, 0) is 24.2 Å². The molecule has 1 aliphatic heterocycles. The van der Waals surface area contributed by atoms with E-state index in [0.29, 0.717) is 5.56 Å². The van der Waals surface area contributed by atoms with Gasteiger partial charge in [0.1, 0.15) is 12.7 Å². The van der Waals surface area contributed by atoms with Gasteiger partial charge >= 0.3 is 5.97 Å². The third-order valence-electron chi connectivity index (χ3n) is 4.79. The first-order valence-corrected chi connectivity index (χ1v) is 8.61. The molecule has 0 unspecified atom stereocenters. The highest BCUT2D eigenvalue weighted by Gasteiger charge is 2.28. The van der Waals surface area contributed by atoms with Crippen LogP contribution in [0.1, 0.15) is 28.2 Å². The molecule has 0 radical (unpaired) electrons. The average molecular weight is 333 g/mol. The summed E-state index contributed by atoms with van der Waals surface area (Å²) in [6.45, 7) is 1.89. The third kappa shape index (κ3) is 2.95. The number of ether oxygens (including phenoxy) is 1. The fourth-order valence-corrected chi connectivity index (χ4v) is 3.55. The number of esters is 1. The molecule has 0 N–H and O–H groups in total. The van der Waals surface area contributed by atoms with Gasteiger partial charge in [-0.25, -0.2) is 13.9 Å². The van der Waals surface area contributed by atoms with Gasteiger partial charge in [0.2, 0.25) is 0 Å². The quantitative estimate of drug-likeness (QED) is 0.543. The van der Waals surface area contributed by atoms with Crippen molar-refractivity contribution in [2.75, 3.05) is 7.11 Å². The molecule has 126 valence electrons. The standard InChI is InChI=1S/C21H21N2O2/c1-25-21(24)18-11-9-16(10-12-18)14-22-15-19(17-6-3-2-4-7-17)23-13-5-8-20(22)23/h2-4,6-7,9-12,15H,5,8,13-14H2,1H3/q+1. The van der Waals surface area contributed by atoms with E-state index in [2.05, 4.69) is 39.6 Å². The summed E-state index contributed by atoms with van der Waals surface area (Å²) in [5.74, 6) is 1.08. The fourth-order valence-electron chi connectivity index (χ4n) is 3.55. The van der Waals surface area contributed by atoms with Crippen molar-refractivity contribution in [3.63, 3.8) is 0 Å². The van der Waals surface area contributed by atoms with Crippen LogP contribution in [0.25, 0.3) is 11.3 Å². The van der Waals surface area contributed by atoms with E-state index < -0.39 is 0 Å². The average Bonchev–Trinajstić information content (AvgIpc) is 3.26. The molecular weight excluding hydrogens is 312 g/mol. The highest BCUT2D eigenvalue weighted by Crippen LogP contribution is 2.24. The molecule has 0 aliphatic carbocycles. The zero-order valence-electron chi connectivity index (χ0n) is 14.3. The van der Waals surface area contributed by atoms with Crippen molar-refractivity contribution in [1.29, 1.82) is 0 Å². The predicted molar refractivity (Wildman–Crippen MR) is 95.3 cm³/mol. The summed E-state index contributed by atoms with van der Waals surface area (Å²) in [4.78, 5) is 11.6. The van der Waals surface area contributed by atoms with E-state index in [1.807, 2.05) is 30.3 Å². The van der Waals surface area contributed by atoms with Gasteiger partial charge in [-0.2, -0.15) is 0 Å². The van der Waals surface area contributed by atoms with Gasteiger partial charge in [0.25, 0.3) is 5.82 Å². The van der Waals surface area contributed by atoms with Crippen LogP contribution < -0.4 is 4.57 Å². The smallest absolute Gasteiger partial charge is 0.337 e. The number of rotatable bonds is 4. The molecule has 3 aromatic rings. The largest absolute Gasteiger partial charge is 0.465 e. The van der Waals surface area contributed by atoms with Crippen molar-refractivity contribution in [2.24, 2.45) is 0 Å². The van der Waals surface area contributed by atoms with Crippen LogP contribution in [-0.4, -0.2) is 17.6 Å². The molecule has 1 aliphatic rings. The Hall–Kier alpha value is -2.88. The van der Waals surface area contributed by atoms with Gasteiger partial charge in [-0.05, 0) is 24.1 Å². The Morgan fingerprint density at radius 2 is 1.88 bits per heavy atom. The van der Waals surface area contributed by atoms with E-state index in [1.54, 1.807) is 0 Å². The summed E-state index contributed by atoms with van der Waals surface area (Å²) in [7, 11) is 1.40. The number of hydrogen-bond donors (Lipinski definition) is 0. The Kier molecular flexibility index (Phi) is 4.10. The van der Waals surface area contributed by atoms with Crippen LogP contribution in [0.2, 0.25) is 0 Å². The number of hydrogen-bond acceptors (Lipinski definition) is 2. The minimum absolute atomic E-state index is 0.296. The first kappa shape index (κ1) is 15.6. The highest BCUT2D eigenvalue weighted by molar-refractivity contribution is 5.89. The summed E-state index contributed by atoms with van der Waals surface area (Å²) in [5, 5.41) is 0. The van der Waals surface area contributed by atoms with Crippen molar-refractivity contribution < 1.29 is 14.1 Å². The molecule has 1 aromatic heterocycles. The Morgan fingerprint density at radius 3 is 2.60 bits per heavy atom. The number of imidazole rings is 1. The lowest BCUT2D eigenvalue weighted by Gasteiger charge is -2.02. The van der Waals surface area contributed by atoms with Gasteiger partial charge in [-0.1, -0.05) is 42.5 Å². The lowest BCUT2D eigenvalue weighted by atomic mass is 10.1. The molecule has 0 atom stereocenters. The second-order valence-electron chi connectivity index (χ2n) is 6.37. The fraction of sp³-hybridized carbons (Fsp3) is 0.238. The molecular formula is C21H21N2O2+. The molecule has 4 rings (SSSR count). The summed E-state index contributed by atoms with van der Waals surface area (Å²) in [6.07, 6.45) is 4.54. The maximum Gasteiger partial charge on any atom is 0.337 e. The lowest BCUT2D eigenvalue weighted by Crippen LogP contribution is -2.36. The third-order valence-corrected chi connectivity index (χ3v) is 4.79. The summed E-state index contributed by atoms with van der Waals surface area (Å²) < 4.78 is 9.52. The SMILES string of the molecule is COC(=O)c1ccc(C[n+]2cc(-c3ccccc3)n3c2CCC3)cc1. The second kappa shape index (κ2) is 6.55. The van der Waals surface area contributed by atoms with Crippen molar-refractivity contribution in [3.05, 3.63) is 77.7 Å². The Balaban J connectivity index is 1.64. The maximum atomic E-state index is 11.6. The highest BCUT2D eigenvalue weighted by atomic mass is 16.5. The minimum Gasteiger partial charge on any atom is -0.465 e. The topological polar surface area (TPSA) is 35.1 Å². The molecule has 0 fully saturated rings. The Labute approximate surface area is 147 Å². The molecule has 0 spiro atoms. The van der Waals surface area contributed by atoms with E-state index in [1.165, 1.54) is 36.2 Å². The number of nitrogens with zero attached hydrogens (tertiary/aromatic N) is 2. The molecule has 2 heterocycles. The van der Waals surface area contributed by atoms with Crippen LogP contribution in [0.3, 0.4) is 0 Å². The van der Waals surface area contributed by atoms with Gasteiger partial charge in [0.15, 0.2) is 5.69 Å². The van der Waals surface area contributed by atoms with Crippen LogP contribution in [0.4, 0.5) is 0 Å². The molecule has 0 bridgehead atoms. The second-order valence-corrected chi connectivity index (χ2v) is 6.37. The van der Waals surface area contributed by atoms with Crippen LogP contribution in [0, 0.1) is 0 Å². The van der Waals surface area contributed by atoms with Crippen molar-refractivity contribution in [1.82, 2.24) is 4.57 Å². The summed E-state index contributed by atoms with van der Waals surface area (Å²) >= 11 is 0. The van der Waals surface area contributed by atoms with Gasteiger partial charge < -0.3 is 4.74 Å². The number of methoxy groups -OCH3 is 1. The number of benzene rings is 2. The predicted octanol–water partition coefficient (Wildman–Crippen LogP) is 3.22. The zero-order chi connectivity index (χ0) is 17.2. The molecule has 4 heteroatoms. The molecule has 4 nitrogen and oxygen atoms in total. The number of carbonyl (C=O) groups is 1. The normalized spacial score (nSPS) is 12.8. The van der Waals surface area contributed by atoms with Crippen molar-refractivity contribution in [3.8, 4) is 11.3 Å². The van der Waals surface area contributed by atoms with E-state index in [0.717, 1.165) is 19.5 Å². The summed E-state index contributed by atoms with van der Waals surface area (Å²) in [5.41, 5.74) is 4.30. The Morgan fingerprint density at radius 1 is 1.12 bits per heavy atom. The molecule has 0 saturated carbocycles. The van der Waals surface area contributed by atoms with E-state index in [-0.39, 0.29) is 5.97 Å². The van der Waals surface area contributed by atoms with E-state index >= 15 is 0 Å². The van der Waals surface area contributed by atoms with Crippen molar-refractivity contribution in [2.45, 2.75) is 25.9 Å². The molecule has 0 amide bonds. The first-order chi connectivity index (χ1) is 12.3. The van der Waals surface area contributed by atoms with E-state index in [4.69, 9.17) is 4.74 Å². The van der Waals surface area contributed by atoms with Gasteiger partial charge in [0, 0.05) is 5.56 Å². The van der Waals surface area contributed by atoms with E-state index in [9.17, 15) is 4.79 Å². The number of carbonyl (C=O) groups excluding carboxylic acids is 1. The monoisotopic (exact) mass is 333 g/mol. The van der Waals surface area contributed by atoms with Gasteiger partial charge in [0.05, 0.1) is 25.6 Å².